The molecular weight excluding hydrogens is 248 g/mol. The van der Waals surface area contributed by atoms with Crippen molar-refractivity contribution in [3.8, 4) is 0 Å². The predicted octanol–water partition coefficient (Wildman–Crippen LogP) is -1.15. The van der Waals surface area contributed by atoms with Crippen LogP contribution in [0.3, 0.4) is 0 Å². The van der Waals surface area contributed by atoms with Crippen molar-refractivity contribution in [1.82, 2.24) is 10.6 Å². The highest BCUT2D eigenvalue weighted by atomic mass is 16.2. The summed E-state index contributed by atoms with van der Waals surface area (Å²) < 4.78 is 0. The van der Waals surface area contributed by atoms with Gasteiger partial charge in [-0.15, -0.1) is 0 Å². The van der Waals surface area contributed by atoms with Crippen molar-refractivity contribution in [2.75, 3.05) is 0 Å². The van der Waals surface area contributed by atoms with Crippen LogP contribution in [0, 0.1) is 5.92 Å². The fourth-order valence-corrected chi connectivity index (χ4v) is 1.39. The lowest BCUT2D eigenvalue weighted by atomic mass is 10.0. The van der Waals surface area contributed by atoms with E-state index >= 15 is 0 Å². The molecule has 0 saturated carbocycles. The maximum Gasteiger partial charge on any atom is 0.243 e. The molecule has 0 unspecified atom stereocenters. The van der Waals surface area contributed by atoms with E-state index in [1.54, 1.807) is 0 Å². The summed E-state index contributed by atoms with van der Waals surface area (Å²) in [5, 5.41) is 5.02. The molecule has 7 nitrogen and oxygen atoms in total. The van der Waals surface area contributed by atoms with Crippen molar-refractivity contribution >= 4 is 17.7 Å². The quantitative estimate of drug-likeness (QED) is 0.467. The normalized spacial score (nSPS) is 15.5. The van der Waals surface area contributed by atoms with Crippen LogP contribution in [0.15, 0.2) is 0 Å². The Morgan fingerprint density at radius 3 is 1.89 bits per heavy atom. The maximum absolute atomic E-state index is 12.0. The van der Waals surface area contributed by atoms with Gasteiger partial charge < -0.3 is 22.1 Å². The minimum absolute atomic E-state index is 0.202. The van der Waals surface area contributed by atoms with Crippen LogP contribution >= 0.6 is 0 Å². The molecule has 0 bridgehead atoms. The van der Waals surface area contributed by atoms with E-state index in [0.29, 0.717) is 6.42 Å². The molecule has 3 amide bonds. The minimum Gasteiger partial charge on any atom is -0.368 e. The summed E-state index contributed by atoms with van der Waals surface area (Å²) in [6, 6.07) is -2.20. The summed E-state index contributed by atoms with van der Waals surface area (Å²) in [6.07, 6.45) is 0.454. The summed E-state index contributed by atoms with van der Waals surface area (Å²) in [5.74, 6) is -1.27. The zero-order chi connectivity index (χ0) is 15.2. The second-order valence-electron chi connectivity index (χ2n) is 5.11. The van der Waals surface area contributed by atoms with E-state index in [2.05, 4.69) is 10.6 Å². The summed E-state index contributed by atoms with van der Waals surface area (Å²) in [7, 11) is 0. The Balaban J connectivity index is 4.69. The second kappa shape index (κ2) is 7.73. The highest BCUT2D eigenvalue weighted by molar-refractivity contribution is 5.92. The molecule has 0 fully saturated rings. The van der Waals surface area contributed by atoms with Gasteiger partial charge in [0.05, 0.1) is 6.04 Å². The molecule has 0 aromatic carbocycles. The Labute approximate surface area is 113 Å². The van der Waals surface area contributed by atoms with E-state index in [0.717, 1.165) is 0 Å². The molecule has 19 heavy (non-hydrogen) atoms. The third kappa shape index (κ3) is 6.76. The number of amides is 3. The van der Waals surface area contributed by atoms with Crippen LogP contribution in [0.25, 0.3) is 0 Å². The van der Waals surface area contributed by atoms with Crippen LogP contribution in [0.1, 0.15) is 34.1 Å². The van der Waals surface area contributed by atoms with Crippen molar-refractivity contribution in [3.63, 3.8) is 0 Å². The first-order valence-corrected chi connectivity index (χ1v) is 6.30. The molecule has 6 N–H and O–H groups in total. The Kier molecular flexibility index (Phi) is 7.06. The van der Waals surface area contributed by atoms with E-state index in [1.807, 2.05) is 13.8 Å². The number of hydrogen-bond donors (Lipinski definition) is 4. The zero-order valence-electron chi connectivity index (χ0n) is 11.9. The molecule has 0 saturated heterocycles. The highest BCUT2D eigenvalue weighted by Crippen LogP contribution is 2.05. The van der Waals surface area contributed by atoms with Crippen molar-refractivity contribution < 1.29 is 14.4 Å². The molecule has 0 aromatic rings. The van der Waals surface area contributed by atoms with Gasteiger partial charge in [-0.05, 0) is 26.2 Å². The molecule has 0 radical (unpaired) electrons. The second-order valence-corrected chi connectivity index (χ2v) is 5.11. The van der Waals surface area contributed by atoms with Gasteiger partial charge in [0, 0.05) is 0 Å². The van der Waals surface area contributed by atoms with Crippen molar-refractivity contribution in [3.05, 3.63) is 0 Å². The van der Waals surface area contributed by atoms with Gasteiger partial charge in [0.2, 0.25) is 17.7 Å². The molecule has 0 heterocycles. The van der Waals surface area contributed by atoms with Gasteiger partial charge >= 0.3 is 0 Å². The minimum atomic E-state index is -0.783. The average molecular weight is 272 g/mol. The largest absolute Gasteiger partial charge is 0.368 e. The lowest BCUT2D eigenvalue weighted by Crippen LogP contribution is -2.54. The third-order valence-electron chi connectivity index (χ3n) is 2.54. The van der Waals surface area contributed by atoms with E-state index in [1.165, 1.54) is 13.8 Å². The van der Waals surface area contributed by atoms with Crippen LogP contribution in [-0.2, 0) is 14.4 Å². The predicted molar refractivity (Wildman–Crippen MR) is 71.8 cm³/mol. The van der Waals surface area contributed by atoms with Crippen LogP contribution in [0.4, 0.5) is 0 Å². The van der Waals surface area contributed by atoms with Gasteiger partial charge in [0.15, 0.2) is 0 Å². The topological polar surface area (TPSA) is 127 Å². The van der Waals surface area contributed by atoms with Gasteiger partial charge in [0.25, 0.3) is 0 Å². The van der Waals surface area contributed by atoms with Crippen LogP contribution in [-0.4, -0.2) is 35.8 Å². The summed E-state index contributed by atoms with van der Waals surface area (Å²) >= 11 is 0. The first-order valence-electron chi connectivity index (χ1n) is 6.30. The summed E-state index contributed by atoms with van der Waals surface area (Å²) in [6.45, 7) is 6.87. The molecule has 0 aliphatic carbocycles. The molecule has 3 atom stereocenters. The lowest BCUT2D eigenvalue weighted by molar-refractivity contribution is -0.131. The van der Waals surface area contributed by atoms with E-state index in [4.69, 9.17) is 11.5 Å². The van der Waals surface area contributed by atoms with Crippen LogP contribution < -0.4 is 22.1 Å². The van der Waals surface area contributed by atoms with Crippen LogP contribution in [0.5, 0.6) is 0 Å². The first-order chi connectivity index (χ1) is 8.65. The van der Waals surface area contributed by atoms with Gasteiger partial charge in [-0.3, -0.25) is 14.4 Å². The monoisotopic (exact) mass is 272 g/mol. The van der Waals surface area contributed by atoms with Crippen molar-refractivity contribution in [2.45, 2.75) is 52.2 Å². The molecule has 110 valence electrons. The number of nitrogens with two attached hydrogens (primary N) is 2. The number of carbonyl (C=O) groups excluding carboxylic acids is 3. The summed E-state index contributed by atoms with van der Waals surface area (Å²) in [5.41, 5.74) is 10.5. The molecule has 0 aliphatic heterocycles. The summed E-state index contributed by atoms with van der Waals surface area (Å²) in [4.78, 5) is 34.4. The number of rotatable bonds is 7. The van der Waals surface area contributed by atoms with Crippen LogP contribution in [0.2, 0.25) is 0 Å². The smallest absolute Gasteiger partial charge is 0.243 e. The fraction of sp³-hybridized carbons (Fsp3) is 0.750. The highest BCUT2D eigenvalue weighted by Gasteiger charge is 2.25. The van der Waals surface area contributed by atoms with Gasteiger partial charge in [-0.1, -0.05) is 13.8 Å². The van der Waals surface area contributed by atoms with E-state index in [-0.39, 0.29) is 5.92 Å². The van der Waals surface area contributed by atoms with Gasteiger partial charge in [0.1, 0.15) is 12.1 Å². The van der Waals surface area contributed by atoms with E-state index < -0.39 is 35.8 Å². The molecule has 0 aromatic heterocycles. The third-order valence-corrected chi connectivity index (χ3v) is 2.54. The zero-order valence-corrected chi connectivity index (χ0v) is 11.9. The number of hydrogen-bond acceptors (Lipinski definition) is 4. The Bertz CT molecular complexity index is 342. The van der Waals surface area contributed by atoms with Gasteiger partial charge in [-0.25, -0.2) is 0 Å². The van der Waals surface area contributed by atoms with Gasteiger partial charge in [-0.2, -0.15) is 0 Å². The Hall–Kier alpha value is -1.63. The average Bonchev–Trinajstić information content (AvgIpc) is 2.26. The lowest BCUT2D eigenvalue weighted by Gasteiger charge is -2.22. The van der Waals surface area contributed by atoms with Crippen molar-refractivity contribution in [2.24, 2.45) is 17.4 Å². The molecule has 0 rings (SSSR count). The molecule has 7 heteroatoms. The van der Waals surface area contributed by atoms with Crippen molar-refractivity contribution in [1.29, 1.82) is 0 Å². The molecule has 0 aliphatic rings. The Morgan fingerprint density at radius 2 is 1.53 bits per heavy atom. The number of primary amides is 1. The molecule has 0 spiro atoms. The maximum atomic E-state index is 12.0. The fourth-order valence-electron chi connectivity index (χ4n) is 1.39. The number of nitrogens with one attached hydrogen (secondary N) is 2. The number of carbonyl (C=O) groups is 3. The Morgan fingerprint density at radius 1 is 1.00 bits per heavy atom. The molecular formula is C12H24N4O3. The van der Waals surface area contributed by atoms with E-state index in [9.17, 15) is 14.4 Å². The first kappa shape index (κ1) is 17.4. The standard InChI is InChI=1S/C12H24N4O3/c1-6(2)5-9(16-11(18)7(3)13)12(19)15-8(4)10(14)17/h6-9H,5,13H2,1-4H3,(H2,14,17)(H,15,19)(H,16,18)/t7-,8-,9-/m0/s1. The SMILES string of the molecule is CC(C)C[C@H](NC(=O)[C@H](C)N)C(=O)N[C@@H](C)C(N)=O.